The van der Waals surface area contributed by atoms with Crippen molar-refractivity contribution in [3.63, 3.8) is 0 Å². The molecule has 186 valence electrons. The normalized spacial score (nSPS) is 11.4. The fourth-order valence-corrected chi connectivity index (χ4v) is 3.19. The first kappa shape index (κ1) is 27.2. The molecule has 2 rings (SSSR count). The molecular weight excluding hydrogens is 439 g/mol. The quantitative estimate of drug-likeness (QED) is 0.240. The highest BCUT2D eigenvalue weighted by Gasteiger charge is 2.11. The second kappa shape index (κ2) is 15.0. The van der Waals surface area contributed by atoms with E-state index in [1.807, 2.05) is 19.9 Å². The van der Waals surface area contributed by atoms with Crippen LogP contribution in [-0.4, -0.2) is 44.1 Å². The highest BCUT2D eigenvalue weighted by molar-refractivity contribution is 5.92. The van der Waals surface area contributed by atoms with Gasteiger partial charge in [-0.3, -0.25) is 0 Å². The van der Waals surface area contributed by atoms with Crippen molar-refractivity contribution in [3.8, 4) is 17.2 Å². The summed E-state index contributed by atoms with van der Waals surface area (Å²) >= 11 is 0. The third-order valence-electron chi connectivity index (χ3n) is 5.00. The fourth-order valence-electron chi connectivity index (χ4n) is 3.19. The summed E-state index contributed by atoms with van der Waals surface area (Å²) in [5.41, 5.74) is 1.77. The number of hydrogen-bond acceptors (Lipinski definition) is 5. The lowest BCUT2D eigenvalue weighted by molar-refractivity contribution is -0.132. The number of carboxylic acids is 1. The molecule has 0 amide bonds. The minimum atomic E-state index is -0.976. The van der Waals surface area contributed by atoms with E-state index in [1.54, 1.807) is 30.3 Å². The van der Waals surface area contributed by atoms with Gasteiger partial charge in [0.25, 0.3) is 0 Å². The number of rotatable bonds is 16. The minimum absolute atomic E-state index is 0.240. The summed E-state index contributed by atoms with van der Waals surface area (Å²) in [6.45, 7) is 7.92. The molecule has 0 saturated carbocycles. The lowest BCUT2D eigenvalue weighted by Gasteiger charge is -2.14. The number of benzene rings is 2. The van der Waals surface area contributed by atoms with Gasteiger partial charge >= 0.3 is 5.97 Å². The van der Waals surface area contributed by atoms with Crippen molar-refractivity contribution in [2.24, 2.45) is 0 Å². The Morgan fingerprint density at radius 3 is 2.35 bits per heavy atom. The minimum Gasteiger partial charge on any atom is -0.491 e. The summed E-state index contributed by atoms with van der Waals surface area (Å²) in [6.07, 6.45) is 4.33. The maximum atomic E-state index is 14.1. The zero-order chi connectivity index (χ0) is 24.8. The molecule has 0 fully saturated rings. The van der Waals surface area contributed by atoms with Crippen LogP contribution in [0.2, 0.25) is 0 Å². The Kier molecular flexibility index (Phi) is 12.0. The standard InChI is InChI=1S/C27H35FO6/c1-4-7-14-33-26-19-21(17-22(27(29)30)13-15-31-5-2)9-11-25(26)34-16-12-20-8-10-24(32-6-3)23(28)18-20/h8-11,17-19H,4-7,12-16H2,1-3H3,(H,29,30). The number of carboxylic acid groups (broad SMARTS) is 1. The van der Waals surface area contributed by atoms with Crippen molar-refractivity contribution < 1.29 is 33.2 Å². The number of hydrogen-bond donors (Lipinski definition) is 1. The predicted molar refractivity (Wildman–Crippen MR) is 130 cm³/mol. The van der Waals surface area contributed by atoms with Gasteiger partial charge in [0, 0.05) is 25.0 Å². The Bertz CT molecular complexity index is 941. The molecule has 0 bridgehead atoms. The molecule has 0 radical (unpaired) electrons. The Morgan fingerprint density at radius 2 is 1.68 bits per heavy atom. The van der Waals surface area contributed by atoms with Crippen LogP contribution >= 0.6 is 0 Å². The van der Waals surface area contributed by atoms with Crippen LogP contribution in [0.4, 0.5) is 4.39 Å². The highest BCUT2D eigenvalue weighted by atomic mass is 19.1. The van der Waals surface area contributed by atoms with Crippen LogP contribution < -0.4 is 14.2 Å². The molecule has 0 aromatic heterocycles. The van der Waals surface area contributed by atoms with Gasteiger partial charge < -0.3 is 24.1 Å². The van der Waals surface area contributed by atoms with E-state index in [4.69, 9.17) is 18.9 Å². The average molecular weight is 475 g/mol. The largest absolute Gasteiger partial charge is 0.491 e. The van der Waals surface area contributed by atoms with Gasteiger partial charge in [-0.05, 0) is 61.7 Å². The number of ether oxygens (including phenoxy) is 4. The smallest absolute Gasteiger partial charge is 0.331 e. The SMILES string of the molecule is CCCCOc1cc(C=C(CCOCC)C(=O)O)ccc1OCCc1ccc(OCC)c(F)c1. The first-order valence-corrected chi connectivity index (χ1v) is 11.8. The van der Waals surface area contributed by atoms with E-state index in [0.29, 0.717) is 62.9 Å². The van der Waals surface area contributed by atoms with Gasteiger partial charge in [-0.2, -0.15) is 0 Å². The molecule has 34 heavy (non-hydrogen) atoms. The first-order valence-electron chi connectivity index (χ1n) is 11.8. The van der Waals surface area contributed by atoms with Gasteiger partial charge in [0.1, 0.15) is 0 Å². The summed E-state index contributed by atoms with van der Waals surface area (Å²) in [6, 6.07) is 10.2. The maximum absolute atomic E-state index is 14.1. The van der Waals surface area contributed by atoms with Crippen molar-refractivity contribution >= 4 is 12.0 Å². The highest BCUT2D eigenvalue weighted by Crippen LogP contribution is 2.30. The van der Waals surface area contributed by atoms with Crippen molar-refractivity contribution in [1.82, 2.24) is 0 Å². The lowest BCUT2D eigenvalue weighted by atomic mass is 10.1. The predicted octanol–water partition coefficient (Wildman–Crippen LogP) is 5.92. The van der Waals surface area contributed by atoms with Crippen molar-refractivity contribution in [1.29, 1.82) is 0 Å². The zero-order valence-corrected chi connectivity index (χ0v) is 20.3. The number of carbonyl (C=O) groups is 1. The Balaban J connectivity index is 2.12. The first-order chi connectivity index (χ1) is 16.5. The van der Waals surface area contributed by atoms with Crippen LogP contribution in [0.3, 0.4) is 0 Å². The van der Waals surface area contributed by atoms with E-state index in [-0.39, 0.29) is 11.3 Å². The van der Waals surface area contributed by atoms with Crippen LogP contribution in [0.1, 0.15) is 51.2 Å². The van der Waals surface area contributed by atoms with Gasteiger partial charge in [-0.1, -0.05) is 25.5 Å². The molecule has 2 aromatic rings. The molecule has 6 nitrogen and oxygen atoms in total. The monoisotopic (exact) mass is 474 g/mol. The Morgan fingerprint density at radius 1 is 0.912 bits per heavy atom. The van der Waals surface area contributed by atoms with E-state index in [9.17, 15) is 14.3 Å². The number of halogens is 1. The van der Waals surface area contributed by atoms with Gasteiger partial charge in [-0.25, -0.2) is 9.18 Å². The second-order valence-electron chi connectivity index (χ2n) is 7.63. The Hall–Kier alpha value is -3.06. The van der Waals surface area contributed by atoms with E-state index >= 15 is 0 Å². The maximum Gasteiger partial charge on any atom is 0.331 e. The van der Waals surface area contributed by atoms with Crippen molar-refractivity contribution in [2.75, 3.05) is 33.0 Å². The molecular formula is C27H35FO6. The molecule has 0 aliphatic heterocycles. The molecule has 0 spiro atoms. The van der Waals surface area contributed by atoms with Crippen LogP contribution in [0.15, 0.2) is 42.0 Å². The fraction of sp³-hybridized carbons (Fsp3) is 0.444. The molecule has 0 heterocycles. The van der Waals surface area contributed by atoms with Gasteiger partial charge in [0.15, 0.2) is 23.1 Å². The third-order valence-corrected chi connectivity index (χ3v) is 5.00. The summed E-state index contributed by atoms with van der Waals surface area (Å²) in [5.74, 6) is -0.0152. The molecule has 0 aliphatic carbocycles. The van der Waals surface area contributed by atoms with Crippen LogP contribution in [0.5, 0.6) is 17.2 Å². The van der Waals surface area contributed by atoms with Crippen LogP contribution in [0, 0.1) is 5.82 Å². The lowest BCUT2D eigenvalue weighted by Crippen LogP contribution is -2.06. The summed E-state index contributed by atoms with van der Waals surface area (Å²) in [5, 5.41) is 9.51. The Labute approximate surface area is 201 Å². The van der Waals surface area contributed by atoms with Crippen molar-refractivity contribution in [2.45, 2.75) is 46.5 Å². The zero-order valence-electron chi connectivity index (χ0n) is 20.3. The molecule has 7 heteroatoms. The summed E-state index contributed by atoms with van der Waals surface area (Å²) in [7, 11) is 0. The number of unbranched alkanes of at least 4 members (excludes halogenated alkanes) is 1. The average Bonchev–Trinajstić information content (AvgIpc) is 2.81. The van der Waals surface area contributed by atoms with Gasteiger partial charge in [0.05, 0.1) is 26.4 Å². The van der Waals surface area contributed by atoms with Gasteiger partial charge in [0.2, 0.25) is 0 Å². The molecule has 0 saturated heterocycles. The summed E-state index contributed by atoms with van der Waals surface area (Å²) < 4.78 is 36.5. The van der Waals surface area contributed by atoms with E-state index in [2.05, 4.69) is 6.92 Å². The van der Waals surface area contributed by atoms with Crippen LogP contribution in [-0.2, 0) is 16.0 Å². The van der Waals surface area contributed by atoms with E-state index in [0.717, 1.165) is 18.4 Å². The summed E-state index contributed by atoms with van der Waals surface area (Å²) in [4.78, 5) is 11.6. The second-order valence-corrected chi connectivity index (χ2v) is 7.63. The van der Waals surface area contributed by atoms with E-state index < -0.39 is 11.8 Å². The van der Waals surface area contributed by atoms with Crippen LogP contribution in [0.25, 0.3) is 6.08 Å². The molecule has 1 N–H and O–H groups in total. The molecule has 0 unspecified atom stereocenters. The van der Waals surface area contributed by atoms with E-state index in [1.165, 1.54) is 6.07 Å². The topological polar surface area (TPSA) is 74.2 Å². The molecule has 2 aromatic carbocycles. The third kappa shape index (κ3) is 9.06. The molecule has 0 aliphatic rings. The van der Waals surface area contributed by atoms with Crippen molar-refractivity contribution in [3.05, 3.63) is 58.9 Å². The number of aliphatic carboxylic acids is 1. The van der Waals surface area contributed by atoms with Gasteiger partial charge in [-0.15, -0.1) is 0 Å². The molecule has 0 atom stereocenters.